The number of amides is 1. The molecule has 0 spiro atoms. The molecule has 0 unspecified atom stereocenters. The van der Waals surface area contributed by atoms with Crippen LogP contribution < -0.4 is 15.1 Å². The van der Waals surface area contributed by atoms with E-state index in [1.807, 2.05) is 37.9 Å². The fraction of sp³-hybridized carbons (Fsp3) is 0.643. The monoisotopic (exact) mass is 514 g/mol. The number of pyridine rings is 1. The van der Waals surface area contributed by atoms with Crippen LogP contribution in [-0.2, 0) is 11.2 Å². The molecule has 2 fully saturated rings. The highest BCUT2D eigenvalue weighted by Crippen LogP contribution is 2.39. The van der Waals surface area contributed by atoms with Gasteiger partial charge in [0.2, 0.25) is 5.91 Å². The number of hydrogen-bond donors (Lipinski definition) is 2. The summed E-state index contributed by atoms with van der Waals surface area (Å²) in [5.41, 5.74) is 4.75. The van der Waals surface area contributed by atoms with E-state index in [1.165, 1.54) is 37.0 Å². The van der Waals surface area contributed by atoms with Crippen molar-refractivity contribution in [2.45, 2.75) is 63.0 Å². The summed E-state index contributed by atoms with van der Waals surface area (Å²) in [6.45, 7) is 2.92. The van der Waals surface area contributed by atoms with Gasteiger partial charge in [0, 0.05) is 37.0 Å². The Morgan fingerprint density at radius 3 is 2.69 bits per heavy atom. The number of aryl methyl sites for hydroxylation is 1. The molecular formula is C28H42N4O3S. The van der Waals surface area contributed by atoms with E-state index in [0.29, 0.717) is 0 Å². The Hall–Kier alpha value is -2.03. The fourth-order valence-corrected chi connectivity index (χ4v) is 7.28. The number of likely N-dealkylation sites (tertiary alicyclic amines) is 1. The van der Waals surface area contributed by atoms with Crippen molar-refractivity contribution in [1.29, 1.82) is 0 Å². The largest absolute Gasteiger partial charge is 0.497 e. The number of carbonyl (C=O) groups excluding carboxylic acids is 1. The van der Waals surface area contributed by atoms with Gasteiger partial charge in [-0.25, -0.2) is 5.48 Å². The van der Waals surface area contributed by atoms with E-state index < -0.39 is 5.41 Å². The highest BCUT2D eigenvalue weighted by Gasteiger charge is 2.40. The summed E-state index contributed by atoms with van der Waals surface area (Å²) in [5.74, 6) is 1.77. The second kappa shape index (κ2) is 12.5. The van der Waals surface area contributed by atoms with Gasteiger partial charge in [0.15, 0.2) is 0 Å². The van der Waals surface area contributed by atoms with Crippen LogP contribution in [0.4, 0.5) is 5.69 Å². The molecule has 2 N–H and O–H groups in total. The minimum absolute atomic E-state index is 0.225. The Morgan fingerprint density at radius 2 is 2.03 bits per heavy atom. The number of ether oxygens (including phenoxy) is 1. The van der Waals surface area contributed by atoms with Gasteiger partial charge in [0.05, 0.1) is 29.9 Å². The third kappa shape index (κ3) is 6.26. The molecule has 0 atom stereocenters. The molecule has 4 rings (SSSR count). The first-order valence-electron chi connectivity index (χ1n) is 13.4. The van der Waals surface area contributed by atoms with E-state index in [9.17, 15) is 10.0 Å². The van der Waals surface area contributed by atoms with Gasteiger partial charge in [-0.05, 0) is 81.8 Å². The summed E-state index contributed by atoms with van der Waals surface area (Å²) >= 11 is 2.13. The van der Waals surface area contributed by atoms with E-state index in [2.05, 4.69) is 32.6 Å². The van der Waals surface area contributed by atoms with Gasteiger partial charge in [-0.1, -0.05) is 12.8 Å². The minimum atomic E-state index is -0.511. The Balaban J connectivity index is 1.40. The zero-order valence-corrected chi connectivity index (χ0v) is 22.9. The van der Waals surface area contributed by atoms with Crippen molar-refractivity contribution < 1.29 is 14.7 Å². The number of methoxy groups -OCH3 is 1. The van der Waals surface area contributed by atoms with Gasteiger partial charge in [-0.3, -0.25) is 15.0 Å². The van der Waals surface area contributed by atoms with Crippen molar-refractivity contribution in [3.8, 4) is 5.75 Å². The number of aromatic nitrogens is 1. The van der Waals surface area contributed by atoms with Crippen LogP contribution in [-0.4, -0.2) is 72.8 Å². The quantitative estimate of drug-likeness (QED) is 0.326. The van der Waals surface area contributed by atoms with Crippen LogP contribution in [0, 0.1) is 5.41 Å². The maximum absolute atomic E-state index is 12.9. The molecule has 36 heavy (non-hydrogen) atoms. The number of nitrogens with zero attached hydrogens (tertiary/aromatic N) is 3. The summed E-state index contributed by atoms with van der Waals surface area (Å²) in [4.78, 5) is 22.1. The molecule has 2 aliphatic rings. The molecule has 1 saturated heterocycles. The summed E-state index contributed by atoms with van der Waals surface area (Å²) in [6, 6.07) is 6.00. The van der Waals surface area contributed by atoms with Gasteiger partial charge in [-0.2, -0.15) is 11.8 Å². The lowest BCUT2D eigenvalue weighted by Gasteiger charge is -2.40. The van der Waals surface area contributed by atoms with Crippen LogP contribution >= 0.6 is 11.8 Å². The number of nitrogens with one attached hydrogen (secondary N) is 1. The van der Waals surface area contributed by atoms with Crippen molar-refractivity contribution in [3.05, 3.63) is 30.0 Å². The standard InChI is InChI=1S/C28H42N4O3S/c1-31(2)26-20-29-25-11-10-21(35-3)19-24(25)23(26)9-6-12-28(27(33)30-34)13-15-32(16-14-28)17-18-36-22-7-4-5-8-22/h10-11,19-20,22,34H,4-9,12-18H2,1-3H3,(H,30,33). The maximum Gasteiger partial charge on any atom is 0.249 e. The Morgan fingerprint density at radius 1 is 1.28 bits per heavy atom. The SMILES string of the molecule is COc1ccc2ncc(N(C)C)c(CCCC3(C(=O)NO)CCN(CCSC4CCCC4)CC3)c2c1. The molecule has 1 amide bonds. The van der Waals surface area contributed by atoms with Gasteiger partial charge in [-0.15, -0.1) is 0 Å². The van der Waals surface area contributed by atoms with Crippen LogP contribution in [0.25, 0.3) is 10.9 Å². The predicted molar refractivity (Wildman–Crippen MR) is 148 cm³/mol. The number of anilines is 1. The second-order valence-corrected chi connectivity index (χ2v) is 12.0. The average Bonchev–Trinajstić information content (AvgIpc) is 3.42. The zero-order valence-electron chi connectivity index (χ0n) is 22.1. The number of hydrogen-bond acceptors (Lipinski definition) is 7. The molecule has 2 aromatic rings. The van der Waals surface area contributed by atoms with E-state index in [-0.39, 0.29) is 5.91 Å². The molecule has 7 nitrogen and oxygen atoms in total. The molecule has 1 aliphatic carbocycles. The highest BCUT2D eigenvalue weighted by atomic mass is 32.2. The van der Waals surface area contributed by atoms with Gasteiger partial charge >= 0.3 is 0 Å². The van der Waals surface area contributed by atoms with Gasteiger partial charge in [0.1, 0.15) is 5.75 Å². The van der Waals surface area contributed by atoms with Crippen LogP contribution in [0.3, 0.4) is 0 Å². The summed E-state index contributed by atoms with van der Waals surface area (Å²) in [6.07, 6.45) is 11.5. The molecule has 8 heteroatoms. The van der Waals surface area contributed by atoms with E-state index in [0.717, 1.165) is 79.3 Å². The van der Waals surface area contributed by atoms with Crippen molar-refractivity contribution in [2.24, 2.45) is 5.41 Å². The highest BCUT2D eigenvalue weighted by molar-refractivity contribution is 7.99. The molecule has 1 aromatic heterocycles. The van der Waals surface area contributed by atoms with Crippen LogP contribution in [0.5, 0.6) is 5.75 Å². The number of carbonyl (C=O) groups is 1. The molecule has 1 aliphatic heterocycles. The molecular weight excluding hydrogens is 472 g/mol. The topological polar surface area (TPSA) is 77.9 Å². The van der Waals surface area contributed by atoms with Crippen molar-refractivity contribution in [2.75, 3.05) is 51.5 Å². The smallest absolute Gasteiger partial charge is 0.249 e. The first-order valence-corrected chi connectivity index (χ1v) is 14.4. The molecule has 0 bridgehead atoms. The second-order valence-electron chi connectivity index (χ2n) is 10.6. The van der Waals surface area contributed by atoms with Crippen molar-refractivity contribution in [3.63, 3.8) is 0 Å². The third-order valence-electron chi connectivity index (χ3n) is 8.19. The molecule has 198 valence electrons. The fourth-order valence-electron chi connectivity index (χ4n) is 5.91. The first-order chi connectivity index (χ1) is 17.5. The first kappa shape index (κ1) is 27.0. The lowest BCUT2D eigenvalue weighted by molar-refractivity contribution is -0.143. The Labute approximate surface area is 219 Å². The Kier molecular flexibility index (Phi) is 9.36. The van der Waals surface area contributed by atoms with Crippen LogP contribution in [0.1, 0.15) is 56.9 Å². The summed E-state index contributed by atoms with van der Waals surface area (Å²) < 4.78 is 5.48. The summed E-state index contributed by atoms with van der Waals surface area (Å²) in [7, 11) is 5.75. The lowest BCUT2D eigenvalue weighted by atomic mass is 9.73. The average molecular weight is 515 g/mol. The van der Waals surface area contributed by atoms with Crippen LogP contribution in [0.15, 0.2) is 24.4 Å². The summed E-state index contributed by atoms with van der Waals surface area (Å²) in [5, 5.41) is 11.5. The number of piperidine rings is 1. The lowest BCUT2D eigenvalue weighted by Crippen LogP contribution is -2.48. The molecule has 2 heterocycles. The van der Waals surface area contributed by atoms with E-state index >= 15 is 0 Å². The van der Waals surface area contributed by atoms with Crippen molar-refractivity contribution >= 4 is 34.3 Å². The van der Waals surface area contributed by atoms with Crippen molar-refractivity contribution in [1.82, 2.24) is 15.4 Å². The van der Waals surface area contributed by atoms with Gasteiger partial charge in [0.25, 0.3) is 0 Å². The Bertz CT molecular complexity index is 1020. The minimum Gasteiger partial charge on any atom is -0.497 e. The molecule has 1 saturated carbocycles. The number of hydroxylamine groups is 1. The zero-order chi connectivity index (χ0) is 25.5. The van der Waals surface area contributed by atoms with Gasteiger partial charge < -0.3 is 14.5 Å². The number of rotatable bonds is 11. The maximum atomic E-state index is 12.9. The normalized spacial score (nSPS) is 18.4. The predicted octanol–water partition coefficient (Wildman–Crippen LogP) is 4.90. The number of thioether (sulfide) groups is 1. The third-order valence-corrected chi connectivity index (χ3v) is 9.55. The van der Waals surface area contributed by atoms with E-state index in [4.69, 9.17) is 4.74 Å². The number of benzene rings is 1. The van der Waals surface area contributed by atoms with Crippen LogP contribution in [0.2, 0.25) is 0 Å². The molecule has 1 aromatic carbocycles. The number of fused-ring (bicyclic) bond motifs is 1. The molecule has 0 radical (unpaired) electrons. The van der Waals surface area contributed by atoms with E-state index in [1.54, 1.807) is 7.11 Å².